The number of hydrogen-bond donors (Lipinski definition) is 1. The number of carbonyl (C=O) groups is 1. The number of carbonyl (C=O) groups excluding carboxylic acids is 1. The standard InChI is InChI=1S/C20H33N3O4S2/c1-4-7-14-28-16-20(24)21-18-15-17(8-9-19(18)22(5-2)6-3)29(25,26)23-10-12-27-13-11-23/h8-9,15H,4-7,10-14,16H2,1-3H3,(H,21,24). The van der Waals surface area contributed by atoms with E-state index in [4.69, 9.17) is 4.74 Å². The van der Waals surface area contributed by atoms with Gasteiger partial charge in [0.15, 0.2) is 0 Å². The van der Waals surface area contributed by atoms with Crippen LogP contribution in [0.1, 0.15) is 33.6 Å². The van der Waals surface area contributed by atoms with Gasteiger partial charge in [0.25, 0.3) is 0 Å². The summed E-state index contributed by atoms with van der Waals surface area (Å²) in [5.74, 6) is 1.19. The zero-order valence-electron chi connectivity index (χ0n) is 17.6. The fraction of sp³-hybridized carbons (Fsp3) is 0.650. The van der Waals surface area contributed by atoms with Gasteiger partial charge in [-0.2, -0.15) is 16.1 Å². The second-order valence-electron chi connectivity index (χ2n) is 6.82. The highest BCUT2D eigenvalue weighted by atomic mass is 32.2. The molecule has 2 rings (SSSR count). The summed E-state index contributed by atoms with van der Waals surface area (Å²) in [5.41, 5.74) is 1.38. The summed E-state index contributed by atoms with van der Waals surface area (Å²) in [7, 11) is -3.62. The van der Waals surface area contributed by atoms with E-state index in [1.807, 2.05) is 13.8 Å². The SMILES string of the molecule is CCCCSCC(=O)Nc1cc(S(=O)(=O)N2CCOCC2)ccc1N(CC)CC. The summed E-state index contributed by atoms with van der Waals surface area (Å²) < 4.78 is 32.8. The van der Waals surface area contributed by atoms with Crippen LogP contribution in [0, 0.1) is 0 Å². The Balaban J connectivity index is 2.27. The average molecular weight is 444 g/mol. The molecule has 1 fully saturated rings. The molecule has 1 aliphatic heterocycles. The van der Waals surface area contributed by atoms with Crippen molar-refractivity contribution in [2.24, 2.45) is 0 Å². The van der Waals surface area contributed by atoms with Crippen molar-refractivity contribution >= 4 is 39.1 Å². The van der Waals surface area contributed by atoms with Crippen LogP contribution in [0.4, 0.5) is 11.4 Å². The molecular weight excluding hydrogens is 410 g/mol. The van der Waals surface area contributed by atoms with Crippen molar-refractivity contribution < 1.29 is 17.9 Å². The zero-order chi connectivity index (χ0) is 21.3. The number of amides is 1. The molecule has 0 saturated carbocycles. The molecule has 1 aromatic carbocycles. The van der Waals surface area contributed by atoms with Crippen LogP contribution in [-0.2, 0) is 19.6 Å². The van der Waals surface area contributed by atoms with E-state index in [0.717, 1.165) is 37.4 Å². The van der Waals surface area contributed by atoms with E-state index in [-0.39, 0.29) is 10.8 Å². The van der Waals surface area contributed by atoms with Crippen LogP contribution in [0.3, 0.4) is 0 Å². The number of morpholine rings is 1. The summed E-state index contributed by atoms with van der Waals surface area (Å²) in [4.78, 5) is 14.8. The van der Waals surface area contributed by atoms with Gasteiger partial charge in [0.2, 0.25) is 15.9 Å². The Morgan fingerprint density at radius 3 is 2.52 bits per heavy atom. The zero-order valence-corrected chi connectivity index (χ0v) is 19.3. The van der Waals surface area contributed by atoms with Gasteiger partial charge in [-0.3, -0.25) is 4.79 Å². The van der Waals surface area contributed by atoms with Crippen molar-refractivity contribution in [1.82, 2.24) is 4.31 Å². The van der Waals surface area contributed by atoms with E-state index in [1.54, 1.807) is 30.0 Å². The molecular formula is C20H33N3O4S2. The number of sulfonamides is 1. The third kappa shape index (κ3) is 6.60. The minimum Gasteiger partial charge on any atom is -0.379 e. The summed E-state index contributed by atoms with van der Waals surface area (Å²) in [6, 6.07) is 5.01. The van der Waals surface area contributed by atoms with Crippen LogP contribution in [0.2, 0.25) is 0 Å². The Morgan fingerprint density at radius 1 is 1.21 bits per heavy atom. The fourth-order valence-electron chi connectivity index (χ4n) is 3.15. The monoisotopic (exact) mass is 443 g/mol. The Labute approximate surface area is 179 Å². The molecule has 164 valence electrons. The average Bonchev–Trinajstić information content (AvgIpc) is 2.73. The van der Waals surface area contributed by atoms with Gasteiger partial charge in [-0.05, 0) is 44.2 Å². The molecule has 0 aromatic heterocycles. The van der Waals surface area contributed by atoms with Crippen molar-refractivity contribution in [3.8, 4) is 0 Å². The van der Waals surface area contributed by atoms with Crippen molar-refractivity contribution in [2.45, 2.75) is 38.5 Å². The molecule has 7 nitrogen and oxygen atoms in total. The number of nitrogens with zero attached hydrogens (tertiary/aromatic N) is 2. The van der Waals surface area contributed by atoms with Crippen LogP contribution < -0.4 is 10.2 Å². The summed E-state index contributed by atoms with van der Waals surface area (Å²) >= 11 is 1.60. The summed E-state index contributed by atoms with van der Waals surface area (Å²) in [5, 5.41) is 2.94. The van der Waals surface area contributed by atoms with E-state index in [2.05, 4.69) is 17.1 Å². The number of anilines is 2. The molecule has 0 unspecified atom stereocenters. The molecule has 0 aliphatic carbocycles. The highest BCUT2D eigenvalue weighted by Crippen LogP contribution is 2.30. The molecule has 1 saturated heterocycles. The number of nitrogens with one attached hydrogen (secondary N) is 1. The van der Waals surface area contributed by atoms with Gasteiger partial charge >= 0.3 is 0 Å². The minimum absolute atomic E-state index is 0.111. The van der Waals surface area contributed by atoms with Gasteiger partial charge < -0.3 is 15.0 Å². The quantitative estimate of drug-likeness (QED) is 0.530. The lowest BCUT2D eigenvalue weighted by Crippen LogP contribution is -2.40. The first-order chi connectivity index (χ1) is 13.9. The normalized spacial score (nSPS) is 15.3. The topological polar surface area (TPSA) is 79.0 Å². The molecule has 29 heavy (non-hydrogen) atoms. The van der Waals surface area contributed by atoms with Crippen molar-refractivity contribution in [3.63, 3.8) is 0 Å². The number of benzene rings is 1. The third-order valence-corrected chi connectivity index (χ3v) is 7.77. The number of ether oxygens (including phenoxy) is 1. The number of rotatable bonds is 11. The van der Waals surface area contributed by atoms with E-state index >= 15 is 0 Å². The Hall–Kier alpha value is -1.29. The molecule has 0 bridgehead atoms. The number of thioether (sulfide) groups is 1. The third-order valence-electron chi connectivity index (χ3n) is 4.83. The Morgan fingerprint density at radius 2 is 1.90 bits per heavy atom. The Kier molecular flexibility index (Phi) is 9.74. The molecule has 0 radical (unpaired) electrons. The predicted molar refractivity (Wildman–Crippen MR) is 120 cm³/mol. The molecule has 1 N–H and O–H groups in total. The molecule has 9 heteroatoms. The van der Waals surface area contributed by atoms with Crippen molar-refractivity contribution in [3.05, 3.63) is 18.2 Å². The molecule has 1 heterocycles. The summed E-state index contributed by atoms with van der Waals surface area (Å²) in [6.07, 6.45) is 2.18. The first-order valence-electron chi connectivity index (χ1n) is 10.3. The van der Waals surface area contributed by atoms with Gasteiger partial charge in [0.1, 0.15) is 0 Å². The largest absolute Gasteiger partial charge is 0.379 e. The number of hydrogen-bond acceptors (Lipinski definition) is 6. The lowest BCUT2D eigenvalue weighted by molar-refractivity contribution is -0.113. The maximum Gasteiger partial charge on any atom is 0.243 e. The lowest BCUT2D eigenvalue weighted by Gasteiger charge is -2.28. The molecule has 1 amide bonds. The maximum atomic E-state index is 13.0. The first kappa shape index (κ1) is 24.0. The van der Waals surface area contributed by atoms with E-state index in [9.17, 15) is 13.2 Å². The van der Waals surface area contributed by atoms with E-state index in [1.165, 1.54) is 4.31 Å². The number of unbranched alkanes of at least 4 members (excludes halogenated alkanes) is 1. The van der Waals surface area contributed by atoms with Crippen LogP contribution in [0.15, 0.2) is 23.1 Å². The second-order valence-corrected chi connectivity index (χ2v) is 9.87. The summed E-state index contributed by atoms with van der Waals surface area (Å²) in [6.45, 7) is 9.20. The van der Waals surface area contributed by atoms with Gasteiger partial charge in [-0.15, -0.1) is 0 Å². The highest BCUT2D eigenvalue weighted by Gasteiger charge is 2.27. The first-order valence-corrected chi connectivity index (χ1v) is 12.9. The maximum absolute atomic E-state index is 13.0. The van der Waals surface area contributed by atoms with Crippen molar-refractivity contribution in [2.75, 3.05) is 61.1 Å². The molecule has 1 aliphatic rings. The van der Waals surface area contributed by atoms with E-state index in [0.29, 0.717) is 37.7 Å². The fourth-order valence-corrected chi connectivity index (χ4v) is 5.48. The molecule has 0 spiro atoms. The van der Waals surface area contributed by atoms with Gasteiger partial charge in [0, 0.05) is 26.2 Å². The van der Waals surface area contributed by atoms with Crippen LogP contribution in [0.5, 0.6) is 0 Å². The highest BCUT2D eigenvalue weighted by molar-refractivity contribution is 7.99. The van der Waals surface area contributed by atoms with Crippen LogP contribution in [-0.4, -0.2) is 69.5 Å². The van der Waals surface area contributed by atoms with E-state index < -0.39 is 10.0 Å². The molecule has 0 atom stereocenters. The predicted octanol–water partition coefficient (Wildman–Crippen LogP) is 3.03. The smallest absolute Gasteiger partial charge is 0.243 e. The van der Waals surface area contributed by atoms with Crippen molar-refractivity contribution in [1.29, 1.82) is 0 Å². The minimum atomic E-state index is -3.62. The van der Waals surface area contributed by atoms with Gasteiger partial charge in [0.05, 0.1) is 35.2 Å². The second kappa shape index (κ2) is 11.8. The van der Waals surface area contributed by atoms with Crippen LogP contribution in [0.25, 0.3) is 0 Å². The van der Waals surface area contributed by atoms with Gasteiger partial charge in [-0.25, -0.2) is 8.42 Å². The lowest BCUT2D eigenvalue weighted by atomic mass is 10.2. The van der Waals surface area contributed by atoms with Crippen LogP contribution >= 0.6 is 11.8 Å². The van der Waals surface area contributed by atoms with Gasteiger partial charge in [-0.1, -0.05) is 13.3 Å². The molecule has 1 aromatic rings. The Bertz CT molecular complexity index is 761.